The summed E-state index contributed by atoms with van der Waals surface area (Å²) in [6, 6.07) is 8.60. The molecule has 0 saturated heterocycles. The first-order valence-electron chi connectivity index (χ1n) is 5.06. The van der Waals surface area contributed by atoms with Crippen molar-refractivity contribution in [2.45, 2.75) is 19.4 Å². The Morgan fingerprint density at radius 2 is 2.07 bits per heavy atom. The molecule has 0 fully saturated rings. The fourth-order valence-electron chi connectivity index (χ4n) is 1.46. The molecule has 14 heavy (non-hydrogen) atoms. The van der Waals surface area contributed by atoms with Crippen molar-refractivity contribution in [1.29, 1.82) is 0 Å². The molecule has 0 spiro atoms. The molecule has 0 bridgehead atoms. The van der Waals surface area contributed by atoms with Crippen LogP contribution in [0.2, 0.25) is 0 Å². The summed E-state index contributed by atoms with van der Waals surface area (Å²) in [5.74, 6) is 0. The van der Waals surface area contributed by atoms with Crippen molar-refractivity contribution in [3.05, 3.63) is 35.4 Å². The molecule has 0 heterocycles. The molecule has 0 aromatic heterocycles. The molecule has 2 N–H and O–H groups in total. The van der Waals surface area contributed by atoms with Crippen LogP contribution >= 0.6 is 0 Å². The number of aryl methyl sites for hydroxylation is 1. The maximum absolute atomic E-state index is 6.09. The third kappa shape index (κ3) is 3.48. The number of hydrogen-bond acceptors (Lipinski definition) is 2. The summed E-state index contributed by atoms with van der Waals surface area (Å²) in [4.78, 5) is 2.16. The molecule has 1 atom stereocenters. The van der Waals surface area contributed by atoms with Crippen molar-refractivity contribution >= 4 is 0 Å². The van der Waals surface area contributed by atoms with Crippen LogP contribution in [-0.2, 0) is 0 Å². The second-order valence-corrected chi connectivity index (χ2v) is 4.11. The van der Waals surface area contributed by atoms with Gasteiger partial charge in [-0.15, -0.1) is 0 Å². The molecule has 2 heteroatoms. The Morgan fingerprint density at radius 3 is 2.64 bits per heavy atom. The van der Waals surface area contributed by atoms with Gasteiger partial charge >= 0.3 is 0 Å². The Balaban J connectivity index is 2.56. The van der Waals surface area contributed by atoms with Gasteiger partial charge < -0.3 is 10.6 Å². The van der Waals surface area contributed by atoms with Crippen molar-refractivity contribution in [2.24, 2.45) is 5.73 Å². The number of rotatable bonds is 4. The first-order valence-corrected chi connectivity index (χ1v) is 5.06. The van der Waals surface area contributed by atoms with Gasteiger partial charge in [-0.05, 0) is 39.5 Å². The summed E-state index contributed by atoms with van der Waals surface area (Å²) in [6.45, 7) is 3.14. The van der Waals surface area contributed by atoms with E-state index >= 15 is 0 Å². The van der Waals surface area contributed by atoms with E-state index in [9.17, 15) is 0 Å². The first kappa shape index (κ1) is 11.2. The van der Waals surface area contributed by atoms with Crippen molar-refractivity contribution < 1.29 is 0 Å². The van der Waals surface area contributed by atoms with E-state index in [0.717, 1.165) is 13.0 Å². The summed E-state index contributed by atoms with van der Waals surface area (Å²) in [5.41, 5.74) is 8.61. The third-order valence-corrected chi connectivity index (χ3v) is 2.36. The summed E-state index contributed by atoms with van der Waals surface area (Å²) >= 11 is 0. The van der Waals surface area contributed by atoms with Gasteiger partial charge in [-0.1, -0.05) is 29.8 Å². The maximum atomic E-state index is 6.09. The molecule has 1 aromatic carbocycles. The Labute approximate surface area is 86.7 Å². The number of hydrogen-bond donors (Lipinski definition) is 1. The highest BCUT2D eigenvalue weighted by Gasteiger charge is 2.05. The molecule has 0 aliphatic carbocycles. The monoisotopic (exact) mass is 192 g/mol. The molecule has 78 valence electrons. The van der Waals surface area contributed by atoms with Gasteiger partial charge in [0.15, 0.2) is 0 Å². The van der Waals surface area contributed by atoms with E-state index in [1.54, 1.807) is 0 Å². The smallest absolute Gasteiger partial charge is 0.0307 e. The fraction of sp³-hybridized carbons (Fsp3) is 0.500. The lowest BCUT2D eigenvalue weighted by atomic mass is 10.0. The minimum Gasteiger partial charge on any atom is -0.324 e. The van der Waals surface area contributed by atoms with Gasteiger partial charge in [0.2, 0.25) is 0 Å². The highest BCUT2D eigenvalue weighted by Crippen LogP contribution is 2.15. The lowest BCUT2D eigenvalue weighted by molar-refractivity contribution is 0.382. The van der Waals surface area contributed by atoms with Crippen LogP contribution in [0.3, 0.4) is 0 Å². The lowest BCUT2D eigenvalue weighted by Crippen LogP contribution is -2.20. The zero-order valence-corrected chi connectivity index (χ0v) is 9.33. The molecule has 1 unspecified atom stereocenters. The maximum Gasteiger partial charge on any atom is 0.0307 e. The van der Waals surface area contributed by atoms with E-state index < -0.39 is 0 Å². The van der Waals surface area contributed by atoms with Crippen LogP contribution in [-0.4, -0.2) is 25.5 Å². The zero-order valence-electron chi connectivity index (χ0n) is 9.33. The van der Waals surface area contributed by atoms with E-state index in [1.165, 1.54) is 11.1 Å². The molecule has 2 nitrogen and oxygen atoms in total. The Morgan fingerprint density at radius 1 is 1.36 bits per heavy atom. The van der Waals surface area contributed by atoms with Gasteiger partial charge in [0.25, 0.3) is 0 Å². The van der Waals surface area contributed by atoms with Crippen molar-refractivity contribution in [1.82, 2.24) is 4.90 Å². The highest BCUT2D eigenvalue weighted by atomic mass is 15.0. The van der Waals surface area contributed by atoms with Crippen LogP contribution in [0.15, 0.2) is 24.3 Å². The second-order valence-electron chi connectivity index (χ2n) is 4.11. The predicted octanol–water partition coefficient (Wildman–Crippen LogP) is 1.95. The Bertz CT molecular complexity index is 281. The van der Waals surface area contributed by atoms with Gasteiger partial charge in [-0.25, -0.2) is 0 Å². The summed E-state index contributed by atoms with van der Waals surface area (Å²) in [5, 5.41) is 0. The minimum absolute atomic E-state index is 0.164. The molecule has 0 aliphatic rings. The highest BCUT2D eigenvalue weighted by molar-refractivity contribution is 5.24. The molecule has 1 aromatic rings. The standard InChI is InChI=1S/C12H20N2/c1-10-5-4-6-11(9-10)12(13)7-8-14(2)3/h4-6,9,12H,7-8,13H2,1-3H3. The van der Waals surface area contributed by atoms with Crippen LogP contribution in [0.1, 0.15) is 23.6 Å². The average Bonchev–Trinajstić information content (AvgIpc) is 2.14. The van der Waals surface area contributed by atoms with Crippen molar-refractivity contribution in [3.8, 4) is 0 Å². The van der Waals surface area contributed by atoms with Gasteiger partial charge in [0.1, 0.15) is 0 Å². The lowest BCUT2D eigenvalue weighted by Gasteiger charge is -2.15. The van der Waals surface area contributed by atoms with E-state index in [0.29, 0.717) is 0 Å². The topological polar surface area (TPSA) is 29.3 Å². The quantitative estimate of drug-likeness (QED) is 0.790. The predicted molar refractivity (Wildman–Crippen MR) is 61.3 cm³/mol. The normalized spacial score (nSPS) is 13.2. The Kier molecular flexibility index (Phi) is 4.11. The van der Waals surface area contributed by atoms with Crippen LogP contribution in [0.4, 0.5) is 0 Å². The van der Waals surface area contributed by atoms with Crippen LogP contribution in [0.5, 0.6) is 0 Å². The molecule has 0 aliphatic heterocycles. The fourth-order valence-corrected chi connectivity index (χ4v) is 1.46. The zero-order chi connectivity index (χ0) is 10.6. The van der Waals surface area contributed by atoms with Gasteiger partial charge in [-0.3, -0.25) is 0 Å². The van der Waals surface area contributed by atoms with E-state index in [4.69, 9.17) is 5.73 Å². The summed E-state index contributed by atoms with van der Waals surface area (Å²) < 4.78 is 0. The third-order valence-electron chi connectivity index (χ3n) is 2.36. The number of nitrogens with two attached hydrogens (primary N) is 1. The molecule has 0 saturated carbocycles. The van der Waals surface area contributed by atoms with Crippen molar-refractivity contribution in [3.63, 3.8) is 0 Å². The van der Waals surface area contributed by atoms with Crippen LogP contribution < -0.4 is 5.73 Å². The number of benzene rings is 1. The van der Waals surface area contributed by atoms with E-state index in [-0.39, 0.29) is 6.04 Å². The van der Waals surface area contributed by atoms with Crippen molar-refractivity contribution in [2.75, 3.05) is 20.6 Å². The van der Waals surface area contributed by atoms with E-state index in [1.807, 2.05) is 0 Å². The van der Waals surface area contributed by atoms with Crippen LogP contribution in [0, 0.1) is 6.92 Å². The largest absolute Gasteiger partial charge is 0.324 e. The molecule has 0 amide bonds. The molecule has 0 radical (unpaired) electrons. The first-order chi connectivity index (χ1) is 6.59. The van der Waals surface area contributed by atoms with E-state index in [2.05, 4.69) is 50.2 Å². The van der Waals surface area contributed by atoms with Crippen LogP contribution in [0.25, 0.3) is 0 Å². The average molecular weight is 192 g/mol. The van der Waals surface area contributed by atoms with Gasteiger partial charge in [0, 0.05) is 6.04 Å². The minimum atomic E-state index is 0.164. The summed E-state index contributed by atoms with van der Waals surface area (Å²) in [7, 11) is 4.14. The second kappa shape index (κ2) is 5.13. The molecular formula is C12H20N2. The number of nitrogens with zero attached hydrogens (tertiary/aromatic N) is 1. The Hall–Kier alpha value is -0.860. The molecule has 1 rings (SSSR count). The van der Waals surface area contributed by atoms with Gasteiger partial charge in [-0.2, -0.15) is 0 Å². The SMILES string of the molecule is Cc1cccc(C(N)CCN(C)C)c1. The van der Waals surface area contributed by atoms with Gasteiger partial charge in [0.05, 0.1) is 0 Å². The summed E-state index contributed by atoms with van der Waals surface area (Å²) in [6.07, 6.45) is 1.01. The molecular weight excluding hydrogens is 172 g/mol.